The van der Waals surface area contributed by atoms with Gasteiger partial charge >= 0.3 is 6.09 Å². The summed E-state index contributed by atoms with van der Waals surface area (Å²) in [6.45, 7) is 6.34. The molecular weight excluding hydrogens is 304 g/mol. The Bertz CT molecular complexity index is 569. The van der Waals surface area contributed by atoms with Crippen molar-refractivity contribution in [3.05, 3.63) is 28.3 Å². The van der Waals surface area contributed by atoms with Gasteiger partial charge in [-0.1, -0.05) is 11.6 Å². The number of amides is 1. The maximum absolute atomic E-state index is 12.5. The number of hydrogen-bond donors (Lipinski definition) is 1. The summed E-state index contributed by atoms with van der Waals surface area (Å²) in [6.07, 6.45) is 0.289. The van der Waals surface area contributed by atoms with Crippen LogP contribution in [0.15, 0.2) is 12.1 Å². The number of nitrogens with zero attached hydrogens (tertiary/aromatic N) is 1. The zero-order chi connectivity index (χ0) is 16.5. The Hall–Kier alpha value is -1.46. The van der Waals surface area contributed by atoms with Gasteiger partial charge in [0.15, 0.2) is 0 Å². The van der Waals surface area contributed by atoms with Crippen LogP contribution in [0.5, 0.6) is 5.75 Å². The van der Waals surface area contributed by atoms with Crippen molar-refractivity contribution in [3.8, 4) is 5.75 Å². The molecule has 5 nitrogen and oxygen atoms in total. The van der Waals surface area contributed by atoms with Crippen molar-refractivity contribution in [2.45, 2.75) is 38.8 Å². The van der Waals surface area contributed by atoms with Crippen LogP contribution < -0.4 is 10.5 Å². The van der Waals surface area contributed by atoms with E-state index in [1.165, 1.54) is 0 Å². The average Bonchev–Trinajstić information content (AvgIpc) is 2.44. The second kappa shape index (κ2) is 6.34. The molecule has 1 aliphatic heterocycles. The third-order valence-corrected chi connectivity index (χ3v) is 4.00. The molecule has 0 bridgehead atoms. The lowest BCUT2D eigenvalue weighted by molar-refractivity contribution is 0.0147. The maximum atomic E-state index is 12.5. The van der Waals surface area contributed by atoms with Gasteiger partial charge in [-0.15, -0.1) is 0 Å². The molecule has 0 aliphatic carbocycles. The van der Waals surface area contributed by atoms with E-state index in [0.29, 0.717) is 23.7 Å². The van der Waals surface area contributed by atoms with Gasteiger partial charge in [0.25, 0.3) is 0 Å². The van der Waals surface area contributed by atoms with Crippen LogP contribution in [-0.4, -0.2) is 36.8 Å². The van der Waals surface area contributed by atoms with Crippen LogP contribution in [0.3, 0.4) is 0 Å². The molecule has 1 atom stereocenters. The van der Waals surface area contributed by atoms with Crippen LogP contribution in [0.2, 0.25) is 5.02 Å². The molecule has 0 radical (unpaired) electrons. The van der Waals surface area contributed by atoms with E-state index < -0.39 is 5.60 Å². The Balaban J connectivity index is 2.40. The van der Waals surface area contributed by atoms with Crippen molar-refractivity contribution >= 4 is 17.7 Å². The molecule has 1 aromatic rings. The van der Waals surface area contributed by atoms with Crippen molar-refractivity contribution in [1.82, 2.24) is 4.90 Å². The van der Waals surface area contributed by atoms with Crippen LogP contribution in [0.25, 0.3) is 0 Å². The Morgan fingerprint density at radius 2 is 2.14 bits per heavy atom. The number of halogens is 1. The molecule has 1 aromatic carbocycles. The predicted molar refractivity (Wildman–Crippen MR) is 86.4 cm³/mol. The van der Waals surface area contributed by atoms with E-state index in [0.717, 1.165) is 11.1 Å². The van der Waals surface area contributed by atoms with Gasteiger partial charge in [-0.2, -0.15) is 0 Å². The zero-order valence-corrected chi connectivity index (χ0v) is 14.2. The lowest BCUT2D eigenvalue weighted by atomic mass is 9.91. The quantitative estimate of drug-likeness (QED) is 0.906. The van der Waals surface area contributed by atoms with Crippen LogP contribution >= 0.6 is 11.6 Å². The Kier molecular flexibility index (Phi) is 4.87. The fourth-order valence-corrected chi connectivity index (χ4v) is 3.00. The number of methoxy groups -OCH3 is 1. The first-order valence-electron chi connectivity index (χ1n) is 7.33. The number of fused-ring (bicyclic) bond motifs is 1. The second-order valence-electron chi connectivity index (χ2n) is 6.32. The summed E-state index contributed by atoms with van der Waals surface area (Å²) in [7, 11) is 1.60. The van der Waals surface area contributed by atoms with Crippen molar-refractivity contribution in [2.24, 2.45) is 5.73 Å². The first-order valence-corrected chi connectivity index (χ1v) is 7.71. The van der Waals surface area contributed by atoms with E-state index in [-0.39, 0.29) is 18.7 Å². The third-order valence-electron chi connectivity index (χ3n) is 3.64. The van der Waals surface area contributed by atoms with Gasteiger partial charge in [-0.3, -0.25) is 4.90 Å². The molecule has 1 unspecified atom stereocenters. The highest BCUT2D eigenvalue weighted by molar-refractivity contribution is 6.31. The second-order valence-corrected chi connectivity index (χ2v) is 6.72. The summed E-state index contributed by atoms with van der Waals surface area (Å²) in [4.78, 5) is 14.1. The molecule has 1 aliphatic rings. The number of carbonyl (C=O) groups excluding carboxylic acids is 1. The van der Waals surface area contributed by atoms with Crippen LogP contribution in [-0.2, 0) is 11.2 Å². The standard InChI is InChI=1S/C16H23ClN2O3/c1-16(2,3)22-15(20)19-8-7-10-11(17)5-6-13(21-4)14(10)12(19)9-18/h5-6,12H,7-9,18H2,1-4H3. The molecular formula is C16H23ClN2O3. The predicted octanol–water partition coefficient (Wildman–Crippen LogP) is 3.14. The topological polar surface area (TPSA) is 64.8 Å². The van der Waals surface area contributed by atoms with Gasteiger partial charge in [0.05, 0.1) is 13.2 Å². The summed E-state index contributed by atoms with van der Waals surface area (Å²) in [6, 6.07) is 3.32. The van der Waals surface area contributed by atoms with E-state index >= 15 is 0 Å². The first kappa shape index (κ1) is 16.9. The van der Waals surface area contributed by atoms with Gasteiger partial charge in [-0.05, 0) is 44.9 Å². The van der Waals surface area contributed by atoms with Gasteiger partial charge in [0.1, 0.15) is 11.4 Å². The molecule has 2 rings (SSSR count). The molecule has 1 amide bonds. The number of hydrogen-bond acceptors (Lipinski definition) is 4. The smallest absolute Gasteiger partial charge is 0.410 e. The summed E-state index contributed by atoms with van der Waals surface area (Å²) in [5.41, 5.74) is 7.27. The van der Waals surface area contributed by atoms with Gasteiger partial charge in [0.2, 0.25) is 0 Å². The van der Waals surface area contributed by atoms with Crippen molar-refractivity contribution in [3.63, 3.8) is 0 Å². The number of rotatable bonds is 2. The molecule has 0 saturated carbocycles. The Morgan fingerprint density at radius 3 is 2.68 bits per heavy atom. The lowest BCUT2D eigenvalue weighted by Crippen LogP contribution is -2.45. The number of nitrogens with two attached hydrogens (primary N) is 1. The van der Waals surface area contributed by atoms with E-state index in [4.69, 9.17) is 26.8 Å². The summed E-state index contributed by atoms with van der Waals surface area (Å²) >= 11 is 6.30. The van der Waals surface area contributed by atoms with Crippen molar-refractivity contribution in [1.29, 1.82) is 0 Å². The van der Waals surface area contributed by atoms with Gasteiger partial charge in [-0.25, -0.2) is 4.79 Å². The van der Waals surface area contributed by atoms with Crippen LogP contribution in [0.1, 0.15) is 37.9 Å². The minimum absolute atomic E-state index is 0.281. The molecule has 6 heteroatoms. The van der Waals surface area contributed by atoms with E-state index in [1.54, 1.807) is 12.0 Å². The Morgan fingerprint density at radius 1 is 1.45 bits per heavy atom. The molecule has 0 fully saturated rings. The normalized spacial score (nSPS) is 17.9. The van der Waals surface area contributed by atoms with E-state index in [2.05, 4.69) is 0 Å². The average molecular weight is 327 g/mol. The number of carbonyl (C=O) groups is 1. The summed E-state index contributed by atoms with van der Waals surface area (Å²) in [5, 5.41) is 0.679. The monoisotopic (exact) mass is 326 g/mol. The van der Waals surface area contributed by atoms with E-state index in [9.17, 15) is 4.79 Å². The zero-order valence-electron chi connectivity index (χ0n) is 13.5. The fraction of sp³-hybridized carbons (Fsp3) is 0.562. The Labute approximate surface area is 136 Å². The highest BCUT2D eigenvalue weighted by atomic mass is 35.5. The summed E-state index contributed by atoms with van der Waals surface area (Å²) in [5.74, 6) is 0.697. The third kappa shape index (κ3) is 3.31. The minimum Gasteiger partial charge on any atom is -0.496 e. The SMILES string of the molecule is COc1ccc(Cl)c2c1C(CN)N(C(=O)OC(C)(C)C)CC2. The minimum atomic E-state index is -0.547. The van der Waals surface area contributed by atoms with Crippen molar-refractivity contribution < 1.29 is 14.3 Å². The van der Waals surface area contributed by atoms with Crippen molar-refractivity contribution in [2.75, 3.05) is 20.2 Å². The molecule has 2 N–H and O–H groups in total. The van der Waals surface area contributed by atoms with E-state index in [1.807, 2.05) is 32.9 Å². The number of benzene rings is 1. The fourth-order valence-electron chi connectivity index (χ4n) is 2.74. The maximum Gasteiger partial charge on any atom is 0.410 e. The molecule has 22 heavy (non-hydrogen) atoms. The summed E-state index contributed by atoms with van der Waals surface area (Å²) < 4.78 is 10.9. The van der Waals surface area contributed by atoms with Gasteiger partial charge < -0.3 is 15.2 Å². The molecule has 122 valence electrons. The highest BCUT2D eigenvalue weighted by Crippen LogP contribution is 2.40. The van der Waals surface area contributed by atoms with Gasteiger partial charge in [0, 0.05) is 23.7 Å². The highest BCUT2D eigenvalue weighted by Gasteiger charge is 2.35. The molecule has 1 heterocycles. The van der Waals surface area contributed by atoms with Crippen LogP contribution in [0, 0.1) is 0 Å². The first-order chi connectivity index (χ1) is 10.3. The molecule has 0 saturated heterocycles. The number of ether oxygens (including phenoxy) is 2. The lowest BCUT2D eigenvalue weighted by Gasteiger charge is -2.38. The largest absolute Gasteiger partial charge is 0.496 e. The molecule has 0 aromatic heterocycles. The molecule has 0 spiro atoms. The van der Waals surface area contributed by atoms with Crippen LogP contribution in [0.4, 0.5) is 4.79 Å².